The van der Waals surface area contributed by atoms with Gasteiger partial charge in [-0.2, -0.15) is 5.10 Å². The van der Waals surface area contributed by atoms with Gasteiger partial charge >= 0.3 is 0 Å². The SMILES string of the molecule is C=CCOc1ccc(/C=N/NC(=O)CC(=O)Nc2cccc(Cl)c2)cc1OCC. The van der Waals surface area contributed by atoms with Gasteiger partial charge in [0.15, 0.2) is 11.5 Å². The third-order valence-corrected chi connectivity index (χ3v) is 3.69. The zero-order chi connectivity index (χ0) is 21.1. The first-order valence-electron chi connectivity index (χ1n) is 8.89. The Bertz CT molecular complexity index is 899. The van der Waals surface area contributed by atoms with Crippen LogP contribution in [0.3, 0.4) is 0 Å². The molecule has 0 bridgehead atoms. The number of rotatable bonds is 10. The van der Waals surface area contributed by atoms with Crippen LogP contribution in [0.1, 0.15) is 18.9 Å². The number of halogens is 1. The number of anilines is 1. The largest absolute Gasteiger partial charge is 0.490 e. The molecule has 2 aromatic carbocycles. The highest BCUT2D eigenvalue weighted by molar-refractivity contribution is 6.30. The van der Waals surface area contributed by atoms with Crippen molar-refractivity contribution in [3.05, 3.63) is 65.7 Å². The van der Waals surface area contributed by atoms with Crippen LogP contribution in [0.4, 0.5) is 5.69 Å². The minimum Gasteiger partial charge on any atom is -0.490 e. The summed E-state index contributed by atoms with van der Waals surface area (Å²) in [5.41, 5.74) is 3.53. The number of amides is 2. The van der Waals surface area contributed by atoms with Crippen molar-refractivity contribution in [2.24, 2.45) is 5.10 Å². The number of nitrogens with one attached hydrogen (secondary N) is 2. The predicted octanol–water partition coefficient (Wildman–Crippen LogP) is 3.78. The molecule has 0 aromatic heterocycles. The van der Waals surface area contributed by atoms with Crippen LogP contribution in [-0.2, 0) is 9.59 Å². The second-order valence-electron chi connectivity index (χ2n) is 5.77. The lowest BCUT2D eigenvalue weighted by molar-refractivity contribution is -0.126. The Morgan fingerprint density at radius 3 is 2.69 bits per heavy atom. The van der Waals surface area contributed by atoms with E-state index in [1.54, 1.807) is 48.5 Å². The summed E-state index contributed by atoms with van der Waals surface area (Å²) in [5.74, 6) is 0.134. The second-order valence-corrected chi connectivity index (χ2v) is 6.20. The number of ether oxygens (including phenoxy) is 2. The molecule has 0 saturated carbocycles. The average Bonchev–Trinajstić information content (AvgIpc) is 2.67. The second kappa shape index (κ2) is 11.5. The molecule has 0 radical (unpaired) electrons. The number of carbonyl (C=O) groups is 2. The highest BCUT2D eigenvalue weighted by Gasteiger charge is 2.09. The van der Waals surface area contributed by atoms with Crippen molar-refractivity contribution in [3.8, 4) is 11.5 Å². The van der Waals surface area contributed by atoms with E-state index in [4.69, 9.17) is 21.1 Å². The fourth-order valence-corrected chi connectivity index (χ4v) is 2.47. The third kappa shape index (κ3) is 7.67. The number of benzene rings is 2. The fourth-order valence-electron chi connectivity index (χ4n) is 2.28. The van der Waals surface area contributed by atoms with Crippen LogP contribution in [0.15, 0.2) is 60.2 Å². The molecule has 0 aliphatic carbocycles. The summed E-state index contributed by atoms with van der Waals surface area (Å²) in [4.78, 5) is 23.8. The van der Waals surface area contributed by atoms with Crippen LogP contribution in [0.2, 0.25) is 5.02 Å². The van der Waals surface area contributed by atoms with Crippen LogP contribution in [0, 0.1) is 0 Å². The molecular weight excluding hydrogens is 394 g/mol. The topological polar surface area (TPSA) is 89.0 Å². The lowest BCUT2D eigenvalue weighted by Gasteiger charge is -2.11. The Morgan fingerprint density at radius 2 is 1.97 bits per heavy atom. The normalized spacial score (nSPS) is 10.4. The van der Waals surface area contributed by atoms with Gasteiger partial charge < -0.3 is 14.8 Å². The van der Waals surface area contributed by atoms with E-state index >= 15 is 0 Å². The standard InChI is InChI=1S/C21H22ClN3O4/c1-3-10-29-18-9-8-15(11-19(18)28-4-2)14-23-25-21(27)13-20(26)24-17-7-5-6-16(22)12-17/h3,5-9,11-12,14H,1,4,10,13H2,2H3,(H,24,26)(H,25,27)/b23-14+. The van der Waals surface area contributed by atoms with Crippen molar-refractivity contribution >= 4 is 35.3 Å². The average molecular weight is 416 g/mol. The van der Waals surface area contributed by atoms with E-state index in [0.29, 0.717) is 41.0 Å². The smallest absolute Gasteiger partial charge is 0.249 e. The van der Waals surface area contributed by atoms with E-state index in [1.165, 1.54) is 6.21 Å². The molecule has 0 heterocycles. The van der Waals surface area contributed by atoms with Gasteiger partial charge in [-0.25, -0.2) is 5.43 Å². The maximum Gasteiger partial charge on any atom is 0.249 e. The van der Waals surface area contributed by atoms with E-state index in [9.17, 15) is 9.59 Å². The van der Waals surface area contributed by atoms with Gasteiger partial charge in [-0.3, -0.25) is 9.59 Å². The summed E-state index contributed by atoms with van der Waals surface area (Å²) >= 11 is 5.86. The molecule has 0 spiro atoms. The minimum absolute atomic E-state index is 0.362. The minimum atomic E-state index is -0.545. The molecule has 2 rings (SSSR count). The van der Waals surface area contributed by atoms with E-state index in [2.05, 4.69) is 22.4 Å². The first kappa shape index (κ1) is 22.0. The van der Waals surface area contributed by atoms with Crippen molar-refractivity contribution in [1.82, 2.24) is 5.43 Å². The Balaban J connectivity index is 1.89. The molecule has 7 nitrogen and oxygen atoms in total. The van der Waals surface area contributed by atoms with Crippen molar-refractivity contribution in [3.63, 3.8) is 0 Å². The molecule has 0 saturated heterocycles. The van der Waals surface area contributed by atoms with Gasteiger partial charge in [-0.15, -0.1) is 0 Å². The van der Waals surface area contributed by atoms with Gasteiger partial charge in [0.1, 0.15) is 13.0 Å². The predicted molar refractivity (Wildman–Crippen MR) is 114 cm³/mol. The van der Waals surface area contributed by atoms with Crippen LogP contribution >= 0.6 is 11.6 Å². The van der Waals surface area contributed by atoms with Gasteiger partial charge in [-0.05, 0) is 48.9 Å². The molecule has 0 aliphatic rings. The number of carbonyl (C=O) groups excluding carboxylic acids is 2. The van der Waals surface area contributed by atoms with Crippen LogP contribution in [0.25, 0.3) is 0 Å². The maximum atomic E-state index is 11.9. The van der Waals surface area contributed by atoms with Gasteiger partial charge in [-0.1, -0.05) is 30.3 Å². The molecule has 0 atom stereocenters. The Morgan fingerprint density at radius 1 is 1.14 bits per heavy atom. The summed E-state index contributed by atoms with van der Waals surface area (Å²) < 4.78 is 11.1. The van der Waals surface area contributed by atoms with Crippen molar-refractivity contribution in [2.45, 2.75) is 13.3 Å². The number of hydrogen-bond donors (Lipinski definition) is 2. The van der Waals surface area contributed by atoms with Gasteiger partial charge in [0.25, 0.3) is 0 Å². The van der Waals surface area contributed by atoms with E-state index in [-0.39, 0.29) is 6.42 Å². The first-order valence-corrected chi connectivity index (χ1v) is 9.27. The Hall–Kier alpha value is -3.32. The molecule has 8 heteroatoms. The number of nitrogens with zero attached hydrogens (tertiary/aromatic N) is 1. The molecule has 0 unspecified atom stereocenters. The molecule has 2 aromatic rings. The molecular formula is C21H22ClN3O4. The Kier molecular flexibility index (Phi) is 8.72. The molecule has 29 heavy (non-hydrogen) atoms. The lowest BCUT2D eigenvalue weighted by atomic mass is 10.2. The van der Waals surface area contributed by atoms with E-state index in [0.717, 1.165) is 0 Å². The fraction of sp³-hybridized carbons (Fsp3) is 0.190. The highest BCUT2D eigenvalue weighted by Crippen LogP contribution is 2.28. The number of hydrazone groups is 1. The van der Waals surface area contributed by atoms with Crippen LogP contribution < -0.4 is 20.2 Å². The summed E-state index contributed by atoms with van der Waals surface area (Å²) in [6, 6.07) is 11.9. The molecule has 0 aliphatic heterocycles. The van der Waals surface area contributed by atoms with Gasteiger partial charge in [0, 0.05) is 10.7 Å². The van der Waals surface area contributed by atoms with E-state index < -0.39 is 11.8 Å². The first-order chi connectivity index (χ1) is 14.0. The zero-order valence-electron chi connectivity index (χ0n) is 16.0. The van der Waals surface area contributed by atoms with Crippen molar-refractivity contribution in [2.75, 3.05) is 18.5 Å². The van der Waals surface area contributed by atoms with Crippen LogP contribution in [-0.4, -0.2) is 31.2 Å². The third-order valence-electron chi connectivity index (χ3n) is 3.46. The molecule has 2 amide bonds. The lowest BCUT2D eigenvalue weighted by Crippen LogP contribution is -2.24. The van der Waals surface area contributed by atoms with Gasteiger partial charge in [0.05, 0.1) is 12.8 Å². The quantitative estimate of drug-likeness (QED) is 0.267. The van der Waals surface area contributed by atoms with Crippen molar-refractivity contribution in [1.29, 1.82) is 0 Å². The van der Waals surface area contributed by atoms with Crippen LogP contribution in [0.5, 0.6) is 11.5 Å². The highest BCUT2D eigenvalue weighted by atomic mass is 35.5. The summed E-state index contributed by atoms with van der Waals surface area (Å²) in [7, 11) is 0. The monoisotopic (exact) mass is 415 g/mol. The van der Waals surface area contributed by atoms with Gasteiger partial charge in [0.2, 0.25) is 11.8 Å². The maximum absolute atomic E-state index is 11.9. The molecule has 0 fully saturated rings. The van der Waals surface area contributed by atoms with Crippen molar-refractivity contribution < 1.29 is 19.1 Å². The zero-order valence-corrected chi connectivity index (χ0v) is 16.7. The summed E-state index contributed by atoms with van der Waals surface area (Å²) in [6.07, 6.45) is 2.72. The molecule has 152 valence electrons. The molecule has 2 N–H and O–H groups in total. The summed E-state index contributed by atoms with van der Waals surface area (Å²) in [6.45, 7) is 6.32. The summed E-state index contributed by atoms with van der Waals surface area (Å²) in [5, 5.41) is 6.95. The Labute approximate surface area is 174 Å². The van der Waals surface area contributed by atoms with E-state index in [1.807, 2.05) is 6.92 Å². The number of hydrogen-bond acceptors (Lipinski definition) is 5.